The lowest BCUT2D eigenvalue weighted by atomic mass is 10.2. The maximum atomic E-state index is 12.6. The zero-order valence-corrected chi connectivity index (χ0v) is 15.7. The molecule has 0 saturated heterocycles. The van der Waals surface area contributed by atoms with Gasteiger partial charge in [0.1, 0.15) is 12.4 Å². The van der Waals surface area contributed by atoms with Gasteiger partial charge in [-0.15, -0.1) is 5.10 Å². The van der Waals surface area contributed by atoms with Crippen LogP contribution >= 0.6 is 22.9 Å². The van der Waals surface area contributed by atoms with Gasteiger partial charge >= 0.3 is 0 Å². The van der Waals surface area contributed by atoms with Gasteiger partial charge in [0.2, 0.25) is 4.96 Å². The summed E-state index contributed by atoms with van der Waals surface area (Å²) in [5.41, 5.74) is 1.48. The molecule has 134 valence electrons. The van der Waals surface area contributed by atoms with Crippen molar-refractivity contribution in [3.63, 3.8) is 0 Å². The Bertz CT molecular complexity index is 1230. The molecule has 0 aliphatic rings. The lowest BCUT2D eigenvalue weighted by molar-refractivity contribution is 0.363. The van der Waals surface area contributed by atoms with Crippen molar-refractivity contribution in [1.82, 2.24) is 14.6 Å². The monoisotopic (exact) mass is 395 g/mol. The Morgan fingerprint density at radius 1 is 1.22 bits per heavy atom. The van der Waals surface area contributed by atoms with E-state index in [-0.39, 0.29) is 5.56 Å². The third-order valence-electron chi connectivity index (χ3n) is 3.81. The van der Waals surface area contributed by atoms with Crippen LogP contribution in [0.4, 0.5) is 0 Å². The number of rotatable bonds is 5. The van der Waals surface area contributed by atoms with E-state index in [1.807, 2.05) is 36.4 Å². The Morgan fingerprint density at radius 3 is 2.74 bits per heavy atom. The number of nitrogens with zero attached hydrogens (tertiary/aromatic N) is 3. The molecule has 0 amide bonds. The molecule has 0 unspecified atom stereocenters. The smallest absolute Gasteiger partial charge is 0.291 e. The van der Waals surface area contributed by atoms with Crippen LogP contribution < -0.4 is 14.8 Å². The molecule has 0 aliphatic heterocycles. The first-order valence-electron chi connectivity index (χ1n) is 8.15. The molecular weight excluding hydrogens is 382 g/mol. The lowest BCUT2D eigenvalue weighted by Crippen LogP contribution is -2.23. The van der Waals surface area contributed by atoms with Crippen molar-refractivity contribution in [2.45, 2.75) is 0 Å². The molecule has 0 aliphatic carbocycles. The summed E-state index contributed by atoms with van der Waals surface area (Å²) in [5, 5.41) is 4.98. The molecule has 27 heavy (non-hydrogen) atoms. The van der Waals surface area contributed by atoms with Gasteiger partial charge in [-0.05, 0) is 48.0 Å². The van der Waals surface area contributed by atoms with E-state index < -0.39 is 0 Å². The Kier molecular flexibility index (Phi) is 4.75. The van der Waals surface area contributed by atoms with Gasteiger partial charge in [-0.3, -0.25) is 4.79 Å². The fourth-order valence-electron chi connectivity index (χ4n) is 2.56. The lowest BCUT2D eigenvalue weighted by Gasteiger charge is -2.02. The first kappa shape index (κ1) is 17.5. The van der Waals surface area contributed by atoms with Gasteiger partial charge in [0.25, 0.3) is 5.56 Å². The SMILES string of the molecule is C=CCOc1ccc(-c2nc3s/c(=C\c4cccc(Cl)c4)c(=O)n3n2)cc1. The maximum Gasteiger partial charge on any atom is 0.291 e. The van der Waals surface area contributed by atoms with Gasteiger partial charge in [-0.2, -0.15) is 9.50 Å². The molecule has 2 aromatic carbocycles. The average Bonchev–Trinajstić information content (AvgIpc) is 3.20. The molecule has 2 aromatic heterocycles. The van der Waals surface area contributed by atoms with Gasteiger partial charge in [0.15, 0.2) is 5.82 Å². The van der Waals surface area contributed by atoms with Crippen molar-refractivity contribution in [1.29, 1.82) is 0 Å². The number of hydrogen-bond acceptors (Lipinski definition) is 5. The van der Waals surface area contributed by atoms with Gasteiger partial charge in [-0.25, -0.2) is 0 Å². The van der Waals surface area contributed by atoms with Gasteiger partial charge in [0.05, 0.1) is 4.53 Å². The van der Waals surface area contributed by atoms with Crippen LogP contribution in [0.1, 0.15) is 5.56 Å². The van der Waals surface area contributed by atoms with Gasteiger partial charge < -0.3 is 4.74 Å². The summed E-state index contributed by atoms with van der Waals surface area (Å²) in [7, 11) is 0. The van der Waals surface area contributed by atoms with E-state index in [4.69, 9.17) is 16.3 Å². The molecule has 0 spiro atoms. The van der Waals surface area contributed by atoms with Crippen molar-refractivity contribution >= 4 is 34.0 Å². The second kappa shape index (κ2) is 7.34. The summed E-state index contributed by atoms with van der Waals surface area (Å²) in [5.74, 6) is 1.24. The molecule has 0 fully saturated rings. The Hall–Kier alpha value is -2.96. The summed E-state index contributed by atoms with van der Waals surface area (Å²) < 4.78 is 7.36. The quantitative estimate of drug-likeness (QED) is 0.485. The molecular formula is C20H14ClN3O2S. The van der Waals surface area contributed by atoms with E-state index in [1.54, 1.807) is 24.3 Å². The molecule has 0 saturated carbocycles. The molecule has 4 rings (SSSR count). The molecule has 4 aromatic rings. The third kappa shape index (κ3) is 3.63. The van der Waals surface area contributed by atoms with Crippen LogP contribution in [-0.4, -0.2) is 21.2 Å². The molecule has 0 bridgehead atoms. The summed E-state index contributed by atoms with van der Waals surface area (Å²) in [6.45, 7) is 4.07. The zero-order chi connectivity index (χ0) is 18.8. The highest BCUT2D eigenvalue weighted by Gasteiger charge is 2.12. The van der Waals surface area contributed by atoms with E-state index in [9.17, 15) is 4.79 Å². The van der Waals surface area contributed by atoms with Gasteiger partial charge in [0, 0.05) is 10.6 Å². The highest BCUT2D eigenvalue weighted by atomic mass is 35.5. The van der Waals surface area contributed by atoms with Crippen LogP contribution in [-0.2, 0) is 0 Å². The zero-order valence-electron chi connectivity index (χ0n) is 14.1. The summed E-state index contributed by atoms with van der Waals surface area (Å²) >= 11 is 7.29. The highest BCUT2D eigenvalue weighted by molar-refractivity contribution is 7.15. The normalized spacial score (nSPS) is 11.8. The first-order chi connectivity index (χ1) is 13.1. The number of halogens is 1. The highest BCUT2D eigenvalue weighted by Crippen LogP contribution is 2.20. The molecule has 0 radical (unpaired) electrons. The van der Waals surface area contributed by atoms with Crippen molar-refractivity contribution in [3.8, 4) is 17.1 Å². The van der Waals surface area contributed by atoms with Crippen LogP contribution in [0.15, 0.2) is 66.0 Å². The van der Waals surface area contributed by atoms with Crippen molar-refractivity contribution in [2.75, 3.05) is 6.61 Å². The van der Waals surface area contributed by atoms with Crippen LogP contribution in [0.3, 0.4) is 0 Å². The standard InChI is InChI=1S/C20H14ClN3O2S/c1-2-10-26-16-8-6-14(7-9-16)18-22-20-24(23-18)19(25)17(27-20)12-13-4-3-5-15(21)11-13/h2-9,11-12H,1,10H2/b17-12-. The largest absolute Gasteiger partial charge is 0.490 e. The van der Waals surface area contributed by atoms with E-state index >= 15 is 0 Å². The van der Waals surface area contributed by atoms with Crippen molar-refractivity contribution < 1.29 is 4.74 Å². The van der Waals surface area contributed by atoms with Gasteiger partial charge in [-0.1, -0.05) is 47.7 Å². The maximum absolute atomic E-state index is 12.6. The Morgan fingerprint density at radius 2 is 2.04 bits per heavy atom. The summed E-state index contributed by atoms with van der Waals surface area (Å²) in [4.78, 5) is 17.6. The van der Waals surface area contributed by atoms with Crippen LogP contribution in [0.2, 0.25) is 5.02 Å². The minimum Gasteiger partial charge on any atom is -0.490 e. The minimum absolute atomic E-state index is 0.195. The predicted octanol–water partition coefficient (Wildman–Crippen LogP) is 3.58. The molecule has 0 atom stereocenters. The number of fused-ring (bicyclic) bond motifs is 1. The molecule has 5 nitrogen and oxygen atoms in total. The Balaban J connectivity index is 1.68. The van der Waals surface area contributed by atoms with Crippen LogP contribution in [0.5, 0.6) is 5.75 Å². The van der Waals surface area contributed by atoms with Crippen molar-refractivity contribution in [3.05, 3.63) is 86.7 Å². The second-order valence-electron chi connectivity index (χ2n) is 5.72. The number of thiazole rings is 1. The molecule has 2 heterocycles. The molecule has 7 heteroatoms. The van der Waals surface area contributed by atoms with Crippen molar-refractivity contribution in [2.24, 2.45) is 0 Å². The van der Waals surface area contributed by atoms with E-state index in [0.29, 0.717) is 26.9 Å². The second-order valence-corrected chi connectivity index (χ2v) is 7.17. The summed E-state index contributed by atoms with van der Waals surface area (Å²) in [6, 6.07) is 14.7. The van der Waals surface area contributed by atoms with Crippen LogP contribution in [0.25, 0.3) is 22.4 Å². The number of aromatic nitrogens is 3. The summed E-state index contributed by atoms with van der Waals surface area (Å²) in [6.07, 6.45) is 3.48. The molecule has 0 N–H and O–H groups in total. The predicted molar refractivity (Wildman–Crippen MR) is 108 cm³/mol. The van der Waals surface area contributed by atoms with Crippen LogP contribution in [0, 0.1) is 0 Å². The minimum atomic E-state index is -0.195. The van der Waals surface area contributed by atoms with E-state index in [1.165, 1.54) is 15.9 Å². The Labute approximate surface area is 163 Å². The fraction of sp³-hybridized carbons (Fsp3) is 0.0500. The number of benzene rings is 2. The fourth-order valence-corrected chi connectivity index (χ4v) is 3.67. The first-order valence-corrected chi connectivity index (χ1v) is 9.34. The van der Waals surface area contributed by atoms with E-state index in [2.05, 4.69) is 16.7 Å². The van der Waals surface area contributed by atoms with E-state index in [0.717, 1.165) is 16.9 Å². The number of hydrogen-bond donors (Lipinski definition) is 0. The third-order valence-corrected chi connectivity index (χ3v) is 5.00. The number of ether oxygens (including phenoxy) is 1. The average molecular weight is 396 g/mol. The topological polar surface area (TPSA) is 56.5 Å².